The van der Waals surface area contributed by atoms with Crippen molar-refractivity contribution in [3.05, 3.63) is 104 Å². The van der Waals surface area contributed by atoms with Crippen molar-refractivity contribution in [2.45, 2.75) is 25.9 Å². The summed E-state index contributed by atoms with van der Waals surface area (Å²) in [5.41, 5.74) is 4.36. The van der Waals surface area contributed by atoms with Crippen LogP contribution in [0.5, 0.6) is 0 Å². The number of anilines is 1. The second-order valence-electron chi connectivity index (χ2n) is 9.21. The predicted octanol–water partition coefficient (Wildman–Crippen LogP) is 6.93. The number of ether oxygens (including phenoxy) is 1. The lowest BCUT2D eigenvalue weighted by Crippen LogP contribution is -2.27. The van der Waals surface area contributed by atoms with Crippen LogP contribution in [0.1, 0.15) is 47.7 Å². The number of hydrogen-bond donors (Lipinski definition) is 1. The number of rotatable bonds is 9. The van der Waals surface area contributed by atoms with Crippen molar-refractivity contribution < 1.29 is 15.8 Å². The van der Waals surface area contributed by atoms with Crippen molar-refractivity contribution in [2.75, 3.05) is 19.0 Å². The maximum absolute atomic E-state index is 13.8. The van der Waals surface area contributed by atoms with E-state index in [2.05, 4.69) is 36.5 Å². The number of imidazole rings is 1. The summed E-state index contributed by atoms with van der Waals surface area (Å²) in [5.74, 6) is -0.710. The summed E-state index contributed by atoms with van der Waals surface area (Å²) in [5, 5.41) is 12.8. The number of nitrogens with one attached hydrogen (secondary N) is 1. The van der Waals surface area contributed by atoms with Gasteiger partial charge < -0.3 is 19.5 Å². The first-order chi connectivity index (χ1) is 19.3. The molecule has 0 spiro atoms. The molecule has 0 fully saturated rings. The van der Waals surface area contributed by atoms with E-state index in [1.807, 2.05) is 60.9 Å². The number of benzene rings is 3. The molecule has 0 saturated heterocycles. The third kappa shape index (κ3) is 5.71. The van der Waals surface area contributed by atoms with Crippen LogP contribution in [0.4, 0.5) is 5.69 Å². The highest BCUT2D eigenvalue weighted by Gasteiger charge is 2.33. The molecule has 0 aliphatic carbocycles. The Hall–Kier alpha value is -3.44. The molecule has 3 aromatic carbocycles. The molecule has 5 rings (SSSR count). The fraction of sp³-hybridized carbons (Fsp3) is 0.214. The van der Waals surface area contributed by atoms with Gasteiger partial charge in [-0.2, -0.15) is 0 Å². The van der Waals surface area contributed by atoms with Crippen molar-refractivity contribution in [1.29, 1.82) is 0 Å². The number of aryl methyl sites for hydroxylation is 1. The molecule has 1 unspecified atom stereocenters. The molecule has 9 nitrogen and oxygen atoms in total. The Morgan fingerprint density at radius 1 is 1.10 bits per heavy atom. The normalized spacial score (nSPS) is 12.8. The largest absolute Gasteiger partial charge is 0.385 e. The van der Waals surface area contributed by atoms with Crippen LogP contribution in [-0.2, 0) is 4.74 Å². The lowest BCUT2D eigenvalue weighted by Gasteiger charge is -2.26. The van der Waals surface area contributed by atoms with Crippen LogP contribution >= 0.6 is 39.1 Å². The Morgan fingerprint density at radius 3 is 2.58 bits per heavy atom. The van der Waals surface area contributed by atoms with Gasteiger partial charge in [0.25, 0.3) is 0 Å². The maximum Gasteiger partial charge on any atom is 0.385 e. The van der Waals surface area contributed by atoms with Crippen molar-refractivity contribution in [3.8, 4) is 0 Å². The minimum absolute atomic E-state index is 0. The van der Waals surface area contributed by atoms with E-state index < -0.39 is 12.0 Å². The molecular weight excluding hydrogens is 619 g/mol. The number of para-hydroxylation sites is 1. The molecule has 208 valence electrons. The van der Waals surface area contributed by atoms with Gasteiger partial charge >= 0.3 is 5.97 Å². The standard InChI is InChI=1S/C28H25BrCl2N6O3.H2/c1-16-8-11-20(31)14-22(16)32-24(18-9-12-19(30)13-10-18)26-25(33-28(29)36(26)17(2)15-39-3)27(38)40-37-23-7-5-4-6-21(23)34-35-37;/h4-14,17,24,32H,15H2,1-3H3;1H/t17-,24?;/m0./s1. The van der Waals surface area contributed by atoms with Crippen LogP contribution in [-0.4, -0.2) is 44.4 Å². The third-order valence-electron chi connectivity index (χ3n) is 6.41. The number of fused-ring (bicyclic) bond motifs is 1. The fourth-order valence-electron chi connectivity index (χ4n) is 4.48. The van der Waals surface area contributed by atoms with Crippen LogP contribution in [0.15, 0.2) is 71.5 Å². The van der Waals surface area contributed by atoms with Crippen molar-refractivity contribution >= 4 is 61.8 Å². The van der Waals surface area contributed by atoms with Crippen molar-refractivity contribution in [1.82, 2.24) is 24.7 Å². The molecular formula is C28H27BrCl2N6O3. The molecule has 12 heteroatoms. The average Bonchev–Trinajstić information content (AvgIpc) is 3.50. The van der Waals surface area contributed by atoms with Gasteiger partial charge in [0.2, 0.25) is 0 Å². The summed E-state index contributed by atoms with van der Waals surface area (Å²) in [6.45, 7) is 4.32. The average molecular weight is 646 g/mol. The monoisotopic (exact) mass is 644 g/mol. The van der Waals surface area contributed by atoms with Gasteiger partial charge in [0.15, 0.2) is 10.4 Å². The van der Waals surface area contributed by atoms with Crippen LogP contribution in [0.2, 0.25) is 10.0 Å². The zero-order chi connectivity index (χ0) is 28.4. The number of halogens is 3. The smallest absolute Gasteiger partial charge is 0.383 e. The SMILES string of the molecule is COC[C@H](C)n1c(Br)nc(C(=O)On2nnc3ccccc32)c1C(Nc1cc(Cl)ccc1C)c1ccc(Cl)cc1.[HH]. The number of carbonyl (C=O) groups excluding carboxylic acids is 1. The van der Waals surface area contributed by atoms with Crippen LogP contribution in [0.3, 0.4) is 0 Å². The molecule has 0 saturated carbocycles. The Labute approximate surface area is 250 Å². The summed E-state index contributed by atoms with van der Waals surface area (Å²) >= 11 is 16.2. The van der Waals surface area contributed by atoms with E-state index in [1.165, 1.54) is 0 Å². The lowest BCUT2D eigenvalue weighted by atomic mass is 10.00. The number of hydrogen-bond acceptors (Lipinski definition) is 7. The molecule has 0 aliphatic rings. The van der Waals surface area contributed by atoms with Gasteiger partial charge in [-0.15, -0.1) is 5.10 Å². The Bertz CT molecular complexity index is 1680. The maximum atomic E-state index is 13.8. The predicted molar refractivity (Wildman–Crippen MR) is 160 cm³/mol. The molecule has 2 atom stereocenters. The topological polar surface area (TPSA) is 96.1 Å². The second-order valence-corrected chi connectivity index (χ2v) is 10.8. The van der Waals surface area contributed by atoms with E-state index in [0.29, 0.717) is 38.1 Å². The number of methoxy groups -OCH3 is 1. The number of aromatic nitrogens is 5. The van der Waals surface area contributed by atoms with E-state index in [1.54, 1.807) is 31.4 Å². The molecule has 2 heterocycles. The quantitative estimate of drug-likeness (QED) is 0.174. The van der Waals surface area contributed by atoms with Crippen LogP contribution in [0, 0.1) is 6.92 Å². The lowest BCUT2D eigenvalue weighted by molar-refractivity contribution is 0.0400. The van der Waals surface area contributed by atoms with Crippen molar-refractivity contribution in [2.24, 2.45) is 0 Å². The fourth-order valence-corrected chi connectivity index (χ4v) is 5.50. The van der Waals surface area contributed by atoms with Gasteiger partial charge in [0.05, 0.1) is 24.4 Å². The van der Waals surface area contributed by atoms with Crippen molar-refractivity contribution in [3.63, 3.8) is 0 Å². The first-order valence-electron chi connectivity index (χ1n) is 12.3. The number of nitrogens with zero attached hydrogens (tertiary/aromatic N) is 5. The van der Waals surface area contributed by atoms with Gasteiger partial charge in [-0.25, -0.2) is 9.78 Å². The highest BCUT2D eigenvalue weighted by molar-refractivity contribution is 9.10. The van der Waals surface area contributed by atoms with E-state index in [4.69, 9.17) is 32.8 Å². The highest BCUT2D eigenvalue weighted by Crippen LogP contribution is 2.36. The molecule has 0 amide bonds. The third-order valence-corrected chi connectivity index (χ3v) is 7.46. The zero-order valence-electron chi connectivity index (χ0n) is 21.8. The molecule has 0 aliphatic heterocycles. The van der Waals surface area contributed by atoms with E-state index >= 15 is 0 Å². The summed E-state index contributed by atoms with van der Waals surface area (Å²) < 4.78 is 7.81. The van der Waals surface area contributed by atoms with E-state index in [9.17, 15) is 4.79 Å². The molecule has 1 N–H and O–H groups in total. The van der Waals surface area contributed by atoms with Crippen LogP contribution in [0.25, 0.3) is 11.0 Å². The number of carbonyl (C=O) groups is 1. The van der Waals surface area contributed by atoms with Gasteiger partial charge in [-0.3, -0.25) is 0 Å². The van der Waals surface area contributed by atoms with E-state index in [0.717, 1.165) is 21.7 Å². The molecule has 40 heavy (non-hydrogen) atoms. The van der Waals surface area contributed by atoms with E-state index in [-0.39, 0.29) is 13.2 Å². The summed E-state index contributed by atoms with van der Waals surface area (Å²) in [6.07, 6.45) is 0. The van der Waals surface area contributed by atoms with Crippen LogP contribution < -0.4 is 10.2 Å². The minimum atomic E-state index is -0.710. The summed E-state index contributed by atoms with van der Waals surface area (Å²) in [4.78, 5) is 25.2. The Balaban J connectivity index is 0.00000387. The van der Waals surface area contributed by atoms with Gasteiger partial charge in [-0.05, 0) is 82.5 Å². The minimum Gasteiger partial charge on any atom is -0.383 e. The molecule has 2 aromatic heterocycles. The Kier molecular flexibility index (Phi) is 8.41. The van der Waals surface area contributed by atoms with Gasteiger partial charge in [0.1, 0.15) is 11.0 Å². The summed E-state index contributed by atoms with van der Waals surface area (Å²) in [6, 6.07) is 19.4. The first kappa shape index (κ1) is 28.1. The zero-order valence-corrected chi connectivity index (χ0v) is 24.9. The van der Waals surface area contributed by atoms with Gasteiger partial charge in [-0.1, -0.05) is 58.4 Å². The first-order valence-corrected chi connectivity index (χ1v) is 13.9. The highest BCUT2D eigenvalue weighted by atomic mass is 79.9. The molecule has 0 radical (unpaired) electrons. The van der Waals surface area contributed by atoms with Gasteiger partial charge in [0, 0.05) is 24.3 Å². The second kappa shape index (κ2) is 12.0. The summed E-state index contributed by atoms with van der Waals surface area (Å²) in [7, 11) is 1.62. The molecule has 5 aromatic rings. The molecule has 0 bridgehead atoms. The Morgan fingerprint density at radius 2 is 1.82 bits per heavy atom.